The van der Waals surface area contributed by atoms with Gasteiger partial charge in [0.1, 0.15) is 6.61 Å². The van der Waals surface area contributed by atoms with Gasteiger partial charge in [-0.25, -0.2) is 0 Å². The first-order valence-electron chi connectivity index (χ1n) is 9.38. The number of halogens is 2. The minimum atomic E-state index is 0. The molecule has 2 aromatic rings. The van der Waals surface area contributed by atoms with Crippen LogP contribution in [0, 0.1) is 5.41 Å². The van der Waals surface area contributed by atoms with E-state index in [9.17, 15) is 0 Å². The highest BCUT2D eigenvalue weighted by atomic mass is 35.5. The maximum atomic E-state index is 6.26. The fraction of sp³-hybridized carbons (Fsp3) is 0.478. The first-order chi connectivity index (χ1) is 12.6. The highest BCUT2D eigenvalue weighted by Gasteiger charge is 2.25. The summed E-state index contributed by atoms with van der Waals surface area (Å²) in [4.78, 5) is 0. The van der Waals surface area contributed by atoms with E-state index in [-0.39, 0.29) is 23.4 Å². The lowest BCUT2D eigenvalue weighted by Gasteiger charge is -2.33. The van der Waals surface area contributed by atoms with E-state index < -0.39 is 0 Å². The van der Waals surface area contributed by atoms with E-state index in [2.05, 4.69) is 46.0 Å². The van der Waals surface area contributed by atoms with Crippen LogP contribution in [-0.4, -0.2) is 12.6 Å². The molecule has 3 nitrogen and oxygen atoms in total. The van der Waals surface area contributed by atoms with Crippen LogP contribution in [0.25, 0.3) is 0 Å². The van der Waals surface area contributed by atoms with Crippen molar-refractivity contribution in [3.8, 4) is 11.5 Å². The van der Waals surface area contributed by atoms with Crippen LogP contribution >= 0.6 is 24.0 Å². The molecule has 0 aliphatic carbocycles. The quantitative estimate of drug-likeness (QED) is 0.512. The summed E-state index contributed by atoms with van der Waals surface area (Å²) in [5.74, 6) is 1.49. The van der Waals surface area contributed by atoms with Crippen molar-refractivity contribution in [3.63, 3.8) is 0 Å². The van der Waals surface area contributed by atoms with Gasteiger partial charge in [-0.1, -0.05) is 62.7 Å². The van der Waals surface area contributed by atoms with Crippen LogP contribution < -0.4 is 14.8 Å². The van der Waals surface area contributed by atoms with Crippen LogP contribution in [0.15, 0.2) is 42.5 Å². The van der Waals surface area contributed by atoms with Crippen molar-refractivity contribution in [2.45, 2.75) is 59.7 Å². The minimum absolute atomic E-state index is 0. The summed E-state index contributed by atoms with van der Waals surface area (Å²) in [5.41, 5.74) is 2.30. The molecule has 0 unspecified atom stereocenters. The van der Waals surface area contributed by atoms with Crippen molar-refractivity contribution in [2.24, 2.45) is 5.41 Å². The lowest BCUT2D eigenvalue weighted by Crippen LogP contribution is -2.41. The molecule has 0 heterocycles. The summed E-state index contributed by atoms with van der Waals surface area (Å²) in [7, 11) is 1.67. The van der Waals surface area contributed by atoms with E-state index in [4.69, 9.17) is 21.1 Å². The second-order valence-electron chi connectivity index (χ2n) is 8.80. The number of benzene rings is 2. The van der Waals surface area contributed by atoms with Crippen molar-refractivity contribution >= 4 is 24.0 Å². The Morgan fingerprint density at radius 3 is 2.18 bits per heavy atom. The molecule has 0 radical (unpaired) electrons. The van der Waals surface area contributed by atoms with Gasteiger partial charge >= 0.3 is 0 Å². The number of rotatable bonds is 8. The zero-order valence-corrected chi connectivity index (χ0v) is 19.3. The Hall–Kier alpha value is -1.42. The average Bonchev–Trinajstić information content (AvgIpc) is 2.57. The molecule has 156 valence electrons. The maximum absolute atomic E-state index is 6.26. The van der Waals surface area contributed by atoms with Crippen molar-refractivity contribution in [1.82, 2.24) is 5.32 Å². The second-order valence-corrected chi connectivity index (χ2v) is 9.21. The van der Waals surface area contributed by atoms with Crippen molar-refractivity contribution in [1.29, 1.82) is 0 Å². The van der Waals surface area contributed by atoms with Crippen LogP contribution in [0.3, 0.4) is 0 Å². The van der Waals surface area contributed by atoms with Gasteiger partial charge in [-0.3, -0.25) is 0 Å². The molecular formula is C23H33Cl2NO2. The van der Waals surface area contributed by atoms with E-state index >= 15 is 0 Å². The topological polar surface area (TPSA) is 30.5 Å². The molecule has 0 spiro atoms. The molecule has 0 saturated carbocycles. The highest BCUT2D eigenvalue weighted by Crippen LogP contribution is 2.33. The van der Waals surface area contributed by atoms with Gasteiger partial charge in [0.25, 0.3) is 0 Å². The van der Waals surface area contributed by atoms with E-state index in [0.717, 1.165) is 29.0 Å². The Bertz CT molecular complexity index is 755. The summed E-state index contributed by atoms with van der Waals surface area (Å²) in [6.07, 6.45) is 1.07. The minimum Gasteiger partial charge on any atom is -0.493 e. The molecule has 0 fully saturated rings. The Labute approximate surface area is 181 Å². The zero-order chi connectivity index (χ0) is 20.1. The zero-order valence-electron chi connectivity index (χ0n) is 17.8. The second kappa shape index (κ2) is 10.4. The lowest BCUT2D eigenvalue weighted by atomic mass is 9.82. The van der Waals surface area contributed by atoms with Crippen molar-refractivity contribution < 1.29 is 9.47 Å². The normalized spacial score (nSPS) is 11.7. The predicted octanol–water partition coefficient (Wildman–Crippen LogP) is 6.65. The molecule has 0 saturated heterocycles. The summed E-state index contributed by atoms with van der Waals surface area (Å²) in [5, 5.41) is 4.38. The molecule has 0 aliphatic heterocycles. The fourth-order valence-corrected chi connectivity index (χ4v) is 3.70. The number of hydrogen-bond acceptors (Lipinski definition) is 3. The van der Waals surface area contributed by atoms with Gasteiger partial charge < -0.3 is 14.8 Å². The smallest absolute Gasteiger partial charge is 0.166 e. The number of methoxy groups -OCH3 is 1. The molecule has 5 heteroatoms. The summed E-state index contributed by atoms with van der Waals surface area (Å²) in [6.45, 7) is 12.4. The van der Waals surface area contributed by atoms with Gasteiger partial charge in [0.05, 0.1) is 7.11 Å². The first kappa shape index (κ1) is 24.6. The van der Waals surface area contributed by atoms with E-state index in [1.165, 1.54) is 0 Å². The van der Waals surface area contributed by atoms with Gasteiger partial charge in [0, 0.05) is 28.2 Å². The monoisotopic (exact) mass is 425 g/mol. The predicted molar refractivity (Wildman–Crippen MR) is 121 cm³/mol. The molecule has 2 aromatic carbocycles. The molecule has 0 aromatic heterocycles. The number of ether oxygens (including phenoxy) is 2. The van der Waals surface area contributed by atoms with E-state index in [0.29, 0.717) is 18.2 Å². The Morgan fingerprint density at radius 1 is 0.929 bits per heavy atom. The van der Waals surface area contributed by atoms with Gasteiger partial charge in [0.2, 0.25) is 0 Å². The third kappa shape index (κ3) is 7.54. The van der Waals surface area contributed by atoms with E-state index in [1.807, 2.05) is 36.4 Å². The summed E-state index contributed by atoms with van der Waals surface area (Å²) < 4.78 is 11.7. The molecule has 0 bridgehead atoms. The fourth-order valence-electron chi connectivity index (χ4n) is 3.51. The van der Waals surface area contributed by atoms with Crippen LogP contribution in [0.2, 0.25) is 5.02 Å². The average molecular weight is 426 g/mol. The van der Waals surface area contributed by atoms with E-state index in [1.54, 1.807) is 7.11 Å². The number of hydrogen-bond donors (Lipinski definition) is 1. The number of nitrogens with one attached hydrogen (secondary N) is 1. The molecule has 28 heavy (non-hydrogen) atoms. The van der Waals surface area contributed by atoms with Gasteiger partial charge in [-0.05, 0) is 37.8 Å². The Morgan fingerprint density at radius 2 is 1.57 bits per heavy atom. The Kier molecular flexibility index (Phi) is 9.13. The highest BCUT2D eigenvalue weighted by molar-refractivity contribution is 6.31. The maximum Gasteiger partial charge on any atom is 0.166 e. The molecular weight excluding hydrogens is 393 g/mol. The largest absolute Gasteiger partial charge is 0.493 e. The van der Waals surface area contributed by atoms with Crippen LogP contribution in [0.1, 0.15) is 52.2 Å². The lowest BCUT2D eigenvalue weighted by molar-refractivity contribution is 0.237. The molecule has 2 rings (SSSR count). The summed E-state index contributed by atoms with van der Waals surface area (Å²) in [6, 6.07) is 13.7. The van der Waals surface area contributed by atoms with Crippen LogP contribution in [0.4, 0.5) is 0 Å². The van der Waals surface area contributed by atoms with Gasteiger partial charge in [-0.2, -0.15) is 0 Å². The Balaban J connectivity index is 0.00000392. The molecule has 1 N–H and O–H groups in total. The van der Waals surface area contributed by atoms with Crippen LogP contribution in [0.5, 0.6) is 11.5 Å². The third-order valence-corrected chi connectivity index (χ3v) is 4.71. The first-order valence-corrected chi connectivity index (χ1v) is 9.76. The van der Waals surface area contributed by atoms with Crippen molar-refractivity contribution in [3.05, 3.63) is 58.6 Å². The van der Waals surface area contributed by atoms with Gasteiger partial charge in [-0.15, -0.1) is 12.4 Å². The number of para-hydroxylation sites is 1. The molecule has 0 atom stereocenters. The third-order valence-electron chi connectivity index (χ3n) is 4.34. The molecule has 0 aliphatic rings. The summed E-state index contributed by atoms with van der Waals surface area (Å²) >= 11 is 6.26. The molecule has 0 amide bonds. The van der Waals surface area contributed by atoms with Crippen LogP contribution in [-0.2, 0) is 13.2 Å². The SMILES string of the molecule is COc1cccc(CNC(C)(C)CC(C)(C)C)c1OCc1ccccc1Cl.Cl. The standard InChI is InChI=1S/C23H32ClNO2.ClH/c1-22(2,3)16-23(4,5)25-14-17-11-9-13-20(26-6)21(17)27-15-18-10-7-8-12-19(18)24;/h7-13,25H,14-16H2,1-6H3;1H. The van der Waals surface area contributed by atoms with Gasteiger partial charge in [0.15, 0.2) is 11.5 Å². The van der Waals surface area contributed by atoms with Crippen molar-refractivity contribution in [2.75, 3.05) is 7.11 Å².